The molecule has 0 bridgehead atoms. The van der Waals surface area contributed by atoms with Crippen molar-refractivity contribution < 1.29 is 33.3 Å². The Bertz CT molecular complexity index is 702. The first kappa shape index (κ1) is 17.1. The highest BCUT2D eigenvalue weighted by atomic mass is 16.6. The minimum Gasteiger partial charge on any atom is -0.493 e. The second-order valence-corrected chi connectivity index (χ2v) is 5.83. The van der Waals surface area contributed by atoms with Crippen molar-refractivity contribution in [1.82, 2.24) is 0 Å². The summed E-state index contributed by atoms with van der Waals surface area (Å²) in [6, 6.07) is 5.10. The molecule has 1 aromatic rings. The first-order valence-corrected chi connectivity index (χ1v) is 7.93. The number of carbonyl (C=O) groups excluding carboxylic acids is 3. The van der Waals surface area contributed by atoms with E-state index >= 15 is 0 Å². The third-order valence-corrected chi connectivity index (χ3v) is 4.28. The normalized spacial score (nSPS) is 22.7. The molecular weight excluding hydrogens is 330 g/mol. The second-order valence-electron chi connectivity index (χ2n) is 5.83. The van der Waals surface area contributed by atoms with Gasteiger partial charge in [0.15, 0.2) is 11.5 Å². The van der Waals surface area contributed by atoms with E-state index in [9.17, 15) is 14.4 Å². The fourth-order valence-corrected chi connectivity index (χ4v) is 2.93. The Morgan fingerprint density at radius 3 is 2.60 bits per heavy atom. The highest BCUT2D eigenvalue weighted by Crippen LogP contribution is 2.34. The third kappa shape index (κ3) is 3.38. The summed E-state index contributed by atoms with van der Waals surface area (Å²) in [6.45, 7) is 0.438. The zero-order chi connectivity index (χ0) is 18.0. The summed E-state index contributed by atoms with van der Waals surface area (Å²) in [5.74, 6) is -0.854. The molecule has 25 heavy (non-hydrogen) atoms. The van der Waals surface area contributed by atoms with Gasteiger partial charge in [0.2, 0.25) is 12.0 Å². The van der Waals surface area contributed by atoms with Crippen LogP contribution in [0.3, 0.4) is 0 Å². The van der Waals surface area contributed by atoms with Crippen LogP contribution in [0, 0.1) is 5.92 Å². The topological polar surface area (TPSA) is 91.4 Å². The van der Waals surface area contributed by atoms with Gasteiger partial charge in [-0.05, 0) is 12.1 Å². The van der Waals surface area contributed by atoms with E-state index < -0.39 is 24.0 Å². The second kappa shape index (κ2) is 7.00. The highest BCUT2D eigenvalue weighted by molar-refractivity contribution is 6.00. The Hall–Kier alpha value is -2.77. The van der Waals surface area contributed by atoms with Crippen LogP contribution >= 0.6 is 0 Å². The number of amides is 1. The average molecular weight is 349 g/mol. The molecule has 0 aliphatic carbocycles. The van der Waals surface area contributed by atoms with Crippen LogP contribution in [-0.4, -0.2) is 51.3 Å². The Balaban J connectivity index is 1.70. The van der Waals surface area contributed by atoms with E-state index in [-0.39, 0.29) is 25.5 Å². The van der Waals surface area contributed by atoms with Crippen LogP contribution in [-0.2, 0) is 23.9 Å². The number of rotatable bonds is 5. The lowest BCUT2D eigenvalue weighted by atomic mass is 10.1. The number of carbonyl (C=O) groups is 3. The lowest BCUT2D eigenvalue weighted by Crippen LogP contribution is -2.29. The molecule has 0 unspecified atom stereocenters. The van der Waals surface area contributed by atoms with Gasteiger partial charge < -0.3 is 23.8 Å². The van der Waals surface area contributed by atoms with Crippen molar-refractivity contribution in [1.29, 1.82) is 0 Å². The highest BCUT2D eigenvalue weighted by Gasteiger charge is 2.39. The van der Waals surface area contributed by atoms with Crippen LogP contribution in [0.25, 0.3) is 0 Å². The molecule has 0 saturated carbocycles. The van der Waals surface area contributed by atoms with Crippen LogP contribution in [0.2, 0.25) is 0 Å². The Morgan fingerprint density at radius 2 is 1.96 bits per heavy atom. The van der Waals surface area contributed by atoms with Crippen molar-refractivity contribution in [2.24, 2.45) is 5.92 Å². The van der Waals surface area contributed by atoms with Crippen molar-refractivity contribution in [2.75, 3.05) is 32.3 Å². The summed E-state index contributed by atoms with van der Waals surface area (Å²) in [7, 11) is 3.03. The molecule has 134 valence electrons. The minimum absolute atomic E-state index is 0.0367. The molecule has 2 saturated heterocycles. The number of hydrogen-bond acceptors (Lipinski definition) is 7. The smallest absolute Gasteiger partial charge is 0.347 e. The van der Waals surface area contributed by atoms with Gasteiger partial charge in [-0.2, -0.15) is 0 Å². The van der Waals surface area contributed by atoms with E-state index in [2.05, 4.69) is 0 Å². The fraction of sp³-hybridized carbons (Fsp3) is 0.471. The van der Waals surface area contributed by atoms with E-state index in [0.29, 0.717) is 23.6 Å². The van der Waals surface area contributed by atoms with Gasteiger partial charge in [-0.1, -0.05) is 0 Å². The summed E-state index contributed by atoms with van der Waals surface area (Å²) in [4.78, 5) is 37.4. The number of benzene rings is 1. The summed E-state index contributed by atoms with van der Waals surface area (Å²) in [5.41, 5.74) is 0.609. The van der Waals surface area contributed by atoms with Crippen molar-refractivity contribution >= 4 is 23.5 Å². The van der Waals surface area contributed by atoms with E-state index in [1.807, 2.05) is 0 Å². The molecule has 2 fully saturated rings. The van der Waals surface area contributed by atoms with Gasteiger partial charge in [0.1, 0.15) is 0 Å². The molecule has 0 aromatic heterocycles. The number of hydrogen-bond donors (Lipinski definition) is 0. The van der Waals surface area contributed by atoms with E-state index in [0.717, 1.165) is 0 Å². The van der Waals surface area contributed by atoms with E-state index in [4.69, 9.17) is 18.9 Å². The largest absolute Gasteiger partial charge is 0.493 e. The van der Waals surface area contributed by atoms with Crippen LogP contribution in [0.15, 0.2) is 18.2 Å². The van der Waals surface area contributed by atoms with Gasteiger partial charge in [0.25, 0.3) is 0 Å². The van der Waals surface area contributed by atoms with Gasteiger partial charge in [-0.25, -0.2) is 4.79 Å². The number of anilines is 1. The Morgan fingerprint density at radius 1 is 1.20 bits per heavy atom. The van der Waals surface area contributed by atoms with Crippen LogP contribution in [0.5, 0.6) is 11.5 Å². The van der Waals surface area contributed by atoms with Crippen molar-refractivity contribution in [3.05, 3.63) is 18.2 Å². The molecular formula is C17H19NO7. The SMILES string of the molecule is COc1ccc(N2C[C@H](C(=O)O[C@H]3CCOC3=O)CC2=O)cc1OC. The number of cyclic esters (lactones) is 1. The lowest BCUT2D eigenvalue weighted by Gasteiger charge is -2.18. The molecule has 2 heterocycles. The molecule has 0 N–H and O–H groups in total. The molecule has 8 heteroatoms. The quantitative estimate of drug-likeness (QED) is 0.730. The Kier molecular flexibility index (Phi) is 4.78. The van der Waals surface area contributed by atoms with Crippen molar-refractivity contribution in [2.45, 2.75) is 18.9 Å². The van der Waals surface area contributed by atoms with Gasteiger partial charge in [-0.3, -0.25) is 9.59 Å². The zero-order valence-electron chi connectivity index (χ0n) is 14.0. The number of esters is 2. The molecule has 2 aliphatic rings. The molecule has 1 aromatic carbocycles. The number of ether oxygens (including phenoxy) is 4. The Labute approximate surface area is 144 Å². The average Bonchev–Trinajstić information content (AvgIpc) is 3.20. The monoisotopic (exact) mass is 349 g/mol. The molecule has 3 rings (SSSR count). The standard InChI is InChI=1S/C17H19NO7/c1-22-12-4-3-11(8-14(12)23-2)18-9-10(7-15(18)19)16(20)25-13-5-6-24-17(13)21/h3-4,8,10,13H,5-7,9H2,1-2H3/t10-,13+/m1/s1. The summed E-state index contributed by atoms with van der Waals surface area (Å²) >= 11 is 0. The first-order valence-electron chi connectivity index (χ1n) is 7.93. The van der Waals surface area contributed by atoms with Gasteiger partial charge in [0, 0.05) is 31.1 Å². The van der Waals surface area contributed by atoms with Crippen molar-refractivity contribution in [3.8, 4) is 11.5 Å². The van der Waals surface area contributed by atoms with Crippen LogP contribution in [0.4, 0.5) is 5.69 Å². The summed E-state index contributed by atoms with van der Waals surface area (Å²) in [5, 5.41) is 0. The third-order valence-electron chi connectivity index (χ3n) is 4.28. The summed E-state index contributed by atoms with van der Waals surface area (Å²) in [6.07, 6.45) is -0.475. The maximum absolute atomic E-state index is 12.3. The molecule has 2 atom stereocenters. The van der Waals surface area contributed by atoms with Gasteiger partial charge in [0.05, 0.1) is 26.7 Å². The molecule has 1 amide bonds. The predicted octanol–water partition coefficient (Wildman–Crippen LogP) is 0.915. The molecule has 2 aliphatic heterocycles. The van der Waals surface area contributed by atoms with Gasteiger partial charge >= 0.3 is 11.9 Å². The number of methoxy groups -OCH3 is 2. The molecule has 8 nitrogen and oxygen atoms in total. The fourth-order valence-electron chi connectivity index (χ4n) is 2.93. The van der Waals surface area contributed by atoms with E-state index in [1.165, 1.54) is 19.1 Å². The first-order chi connectivity index (χ1) is 12.0. The molecule has 0 spiro atoms. The predicted molar refractivity (Wildman–Crippen MR) is 85.5 cm³/mol. The van der Waals surface area contributed by atoms with Crippen LogP contribution in [0.1, 0.15) is 12.8 Å². The number of nitrogens with zero attached hydrogens (tertiary/aromatic N) is 1. The van der Waals surface area contributed by atoms with Crippen LogP contribution < -0.4 is 14.4 Å². The maximum atomic E-state index is 12.3. The maximum Gasteiger partial charge on any atom is 0.347 e. The van der Waals surface area contributed by atoms with Crippen molar-refractivity contribution in [3.63, 3.8) is 0 Å². The minimum atomic E-state index is -0.863. The summed E-state index contributed by atoms with van der Waals surface area (Å²) < 4.78 is 20.4. The van der Waals surface area contributed by atoms with Gasteiger partial charge in [-0.15, -0.1) is 0 Å². The van der Waals surface area contributed by atoms with E-state index in [1.54, 1.807) is 18.2 Å². The lowest BCUT2D eigenvalue weighted by molar-refractivity contribution is -0.162. The zero-order valence-corrected chi connectivity index (χ0v) is 14.0. The molecule has 0 radical (unpaired) electrons.